The van der Waals surface area contributed by atoms with Crippen molar-refractivity contribution < 1.29 is 22.7 Å². The summed E-state index contributed by atoms with van der Waals surface area (Å²) in [6, 6.07) is 11.0. The van der Waals surface area contributed by atoms with Gasteiger partial charge in [0.25, 0.3) is 5.91 Å². The first-order chi connectivity index (χ1) is 13.6. The molecule has 0 radical (unpaired) electrons. The molecule has 0 saturated heterocycles. The van der Waals surface area contributed by atoms with Gasteiger partial charge < -0.3 is 10.1 Å². The van der Waals surface area contributed by atoms with Crippen molar-refractivity contribution in [1.29, 1.82) is 0 Å². The van der Waals surface area contributed by atoms with Crippen molar-refractivity contribution in [3.63, 3.8) is 0 Å². The summed E-state index contributed by atoms with van der Waals surface area (Å²) in [6.45, 7) is 2.72. The van der Waals surface area contributed by atoms with Crippen LogP contribution in [0.25, 0.3) is 0 Å². The Morgan fingerprint density at radius 2 is 1.72 bits per heavy atom. The Bertz CT molecular complexity index is 981. The molecule has 2 aromatic rings. The summed E-state index contributed by atoms with van der Waals surface area (Å²) in [6.07, 6.45) is 0. The maximum atomic E-state index is 12.5. The summed E-state index contributed by atoms with van der Waals surface area (Å²) >= 11 is 11.8. The van der Waals surface area contributed by atoms with Crippen LogP contribution in [0.2, 0.25) is 10.0 Å². The fraction of sp³-hybridized carbons (Fsp3) is 0.263. The van der Waals surface area contributed by atoms with E-state index in [-0.39, 0.29) is 9.92 Å². The normalized spacial score (nSPS) is 12.4. The van der Waals surface area contributed by atoms with Gasteiger partial charge in [0.15, 0.2) is 6.61 Å². The molecule has 156 valence electrons. The average Bonchev–Trinajstić information content (AvgIpc) is 2.67. The molecule has 0 spiro atoms. The number of sulfonamides is 1. The van der Waals surface area contributed by atoms with Crippen molar-refractivity contribution in [2.45, 2.75) is 24.8 Å². The van der Waals surface area contributed by atoms with Crippen LogP contribution < -0.4 is 10.0 Å². The Labute approximate surface area is 179 Å². The van der Waals surface area contributed by atoms with E-state index in [0.717, 1.165) is 0 Å². The second-order valence-electron chi connectivity index (χ2n) is 6.44. The molecule has 29 heavy (non-hydrogen) atoms. The number of carbonyl (C=O) groups is 2. The first-order valence-electron chi connectivity index (χ1n) is 8.59. The third-order valence-electron chi connectivity index (χ3n) is 3.81. The minimum atomic E-state index is -3.93. The molecule has 1 atom stereocenters. The lowest BCUT2D eigenvalue weighted by atomic mass is 10.1. The van der Waals surface area contributed by atoms with Crippen molar-refractivity contribution in [3.05, 3.63) is 58.6 Å². The van der Waals surface area contributed by atoms with Gasteiger partial charge in [0.2, 0.25) is 10.0 Å². The molecule has 0 saturated carbocycles. The number of hydrogen-bond donors (Lipinski definition) is 2. The highest BCUT2D eigenvalue weighted by atomic mass is 35.5. The van der Waals surface area contributed by atoms with Crippen molar-refractivity contribution >= 4 is 50.8 Å². The van der Waals surface area contributed by atoms with Gasteiger partial charge in [-0.3, -0.25) is 9.59 Å². The minimum Gasteiger partial charge on any atom is -0.454 e. The number of hydrogen-bond acceptors (Lipinski definition) is 5. The highest BCUT2D eigenvalue weighted by Crippen LogP contribution is 2.25. The Balaban J connectivity index is 1.99. The lowest BCUT2D eigenvalue weighted by Crippen LogP contribution is -2.45. The van der Waals surface area contributed by atoms with Gasteiger partial charge in [-0.05, 0) is 36.2 Å². The van der Waals surface area contributed by atoms with Crippen LogP contribution in [-0.4, -0.2) is 32.9 Å². The minimum absolute atomic E-state index is 0.0218. The quantitative estimate of drug-likeness (QED) is 0.589. The molecule has 2 rings (SSSR count). The second kappa shape index (κ2) is 10.1. The number of carbonyl (C=O) groups excluding carboxylic acids is 2. The van der Waals surface area contributed by atoms with E-state index in [9.17, 15) is 18.0 Å². The van der Waals surface area contributed by atoms with E-state index in [0.29, 0.717) is 10.7 Å². The van der Waals surface area contributed by atoms with Crippen LogP contribution in [0.1, 0.15) is 13.8 Å². The highest BCUT2D eigenvalue weighted by molar-refractivity contribution is 7.89. The van der Waals surface area contributed by atoms with Gasteiger partial charge >= 0.3 is 5.97 Å². The molecule has 0 aliphatic rings. The third-order valence-corrected chi connectivity index (χ3v) is 5.81. The maximum absolute atomic E-state index is 12.5. The summed E-state index contributed by atoms with van der Waals surface area (Å²) < 4.78 is 32.3. The predicted octanol–water partition coefficient (Wildman–Crippen LogP) is 3.48. The molecule has 0 aromatic heterocycles. The van der Waals surface area contributed by atoms with E-state index in [1.54, 1.807) is 38.1 Å². The molecule has 10 heteroatoms. The van der Waals surface area contributed by atoms with E-state index in [4.69, 9.17) is 27.9 Å². The van der Waals surface area contributed by atoms with Crippen molar-refractivity contribution in [2.24, 2.45) is 5.92 Å². The van der Waals surface area contributed by atoms with E-state index >= 15 is 0 Å². The van der Waals surface area contributed by atoms with Gasteiger partial charge in [0, 0.05) is 5.02 Å². The smallest absolute Gasteiger partial charge is 0.324 e. The topological polar surface area (TPSA) is 102 Å². The molecule has 0 fully saturated rings. The van der Waals surface area contributed by atoms with Crippen molar-refractivity contribution in [3.8, 4) is 0 Å². The molecule has 0 heterocycles. The van der Waals surface area contributed by atoms with E-state index < -0.39 is 40.5 Å². The van der Waals surface area contributed by atoms with Gasteiger partial charge in [0.1, 0.15) is 6.04 Å². The summed E-state index contributed by atoms with van der Waals surface area (Å²) in [5, 5.41) is 3.13. The van der Waals surface area contributed by atoms with Gasteiger partial charge in [-0.2, -0.15) is 4.72 Å². The number of amides is 1. The standard InChI is InChI=1S/C19H20Cl2N2O5S/c1-12(2)18(23-29(26,27)14-6-4-3-5-7-14)19(25)28-11-17(24)22-16-9-8-13(20)10-15(16)21/h3-10,12,18,23H,11H2,1-2H3,(H,22,24)/t18-/m0/s1. The van der Waals surface area contributed by atoms with Gasteiger partial charge in [-0.25, -0.2) is 8.42 Å². The number of benzene rings is 2. The van der Waals surface area contributed by atoms with Gasteiger partial charge in [-0.1, -0.05) is 55.2 Å². The van der Waals surface area contributed by atoms with Crippen LogP contribution in [-0.2, 0) is 24.3 Å². The van der Waals surface area contributed by atoms with E-state index in [1.807, 2.05) is 0 Å². The SMILES string of the molecule is CC(C)[C@H](NS(=O)(=O)c1ccccc1)C(=O)OCC(=O)Nc1ccc(Cl)cc1Cl. The molecule has 7 nitrogen and oxygen atoms in total. The number of nitrogens with one attached hydrogen (secondary N) is 2. The van der Waals surface area contributed by atoms with Crippen LogP contribution in [0, 0.1) is 5.92 Å². The first kappa shape index (κ1) is 23.2. The molecule has 0 aliphatic carbocycles. The first-order valence-corrected chi connectivity index (χ1v) is 10.8. The lowest BCUT2D eigenvalue weighted by Gasteiger charge is -2.20. The number of esters is 1. The molecule has 0 aliphatic heterocycles. The molecular weight excluding hydrogens is 439 g/mol. The maximum Gasteiger partial charge on any atom is 0.324 e. The Morgan fingerprint density at radius 3 is 2.31 bits per heavy atom. The summed E-state index contributed by atoms with van der Waals surface area (Å²) in [5.74, 6) is -1.90. The number of ether oxygens (including phenoxy) is 1. The molecule has 1 amide bonds. The zero-order chi connectivity index (χ0) is 21.6. The average molecular weight is 459 g/mol. The predicted molar refractivity (Wildman–Crippen MR) is 111 cm³/mol. The third kappa shape index (κ3) is 6.71. The zero-order valence-corrected chi connectivity index (χ0v) is 18.0. The van der Waals surface area contributed by atoms with Gasteiger partial charge in [0.05, 0.1) is 15.6 Å². The molecule has 2 aromatic carbocycles. The number of halogens is 2. The van der Waals surface area contributed by atoms with Crippen LogP contribution >= 0.6 is 23.2 Å². The summed E-state index contributed by atoms with van der Waals surface area (Å²) in [7, 11) is -3.93. The monoisotopic (exact) mass is 458 g/mol. The zero-order valence-electron chi connectivity index (χ0n) is 15.7. The molecular formula is C19H20Cl2N2O5S. The van der Waals surface area contributed by atoms with Crippen molar-refractivity contribution in [1.82, 2.24) is 4.72 Å². The van der Waals surface area contributed by atoms with E-state index in [1.165, 1.54) is 24.3 Å². The lowest BCUT2D eigenvalue weighted by molar-refractivity contribution is -0.150. The Kier molecular flexibility index (Phi) is 8.04. The fourth-order valence-corrected chi connectivity index (χ4v) is 4.10. The fourth-order valence-electron chi connectivity index (χ4n) is 2.29. The summed E-state index contributed by atoms with van der Waals surface area (Å²) in [4.78, 5) is 24.4. The van der Waals surface area contributed by atoms with Crippen molar-refractivity contribution in [2.75, 3.05) is 11.9 Å². The molecule has 2 N–H and O–H groups in total. The number of rotatable bonds is 8. The van der Waals surface area contributed by atoms with Gasteiger partial charge in [-0.15, -0.1) is 0 Å². The van der Waals surface area contributed by atoms with E-state index in [2.05, 4.69) is 10.0 Å². The molecule has 0 unspecified atom stereocenters. The Hall–Kier alpha value is -2.13. The Morgan fingerprint density at radius 1 is 1.07 bits per heavy atom. The number of anilines is 1. The highest BCUT2D eigenvalue weighted by Gasteiger charge is 2.30. The summed E-state index contributed by atoms with van der Waals surface area (Å²) in [5.41, 5.74) is 0.308. The van der Waals surface area contributed by atoms with Crippen LogP contribution in [0.15, 0.2) is 53.4 Å². The largest absolute Gasteiger partial charge is 0.454 e. The van der Waals surface area contributed by atoms with Crippen LogP contribution in [0.3, 0.4) is 0 Å². The second-order valence-corrected chi connectivity index (χ2v) is 8.99. The molecule has 0 bridgehead atoms. The van der Waals surface area contributed by atoms with Crippen LogP contribution in [0.4, 0.5) is 5.69 Å². The van der Waals surface area contributed by atoms with Crippen LogP contribution in [0.5, 0.6) is 0 Å².